The molecular weight excluding hydrogens is 320 g/mol. The van der Waals surface area contributed by atoms with Gasteiger partial charge in [0.1, 0.15) is 17.1 Å². The first-order valence-electron chi connectivity index (χ1n) is 8.21. The molecule has 0 bridgehead atoms. The lowest BCUT2D eigenvalue weighted by Gasteiger charge is -2.19. The molecular formula is C20H22O5. The second-order valence-electron chi connectivity index (χ2n) is 5.61. The maximum Gasteiger partial charge on any atom is 0.343 e. The lowest BCUT2D eigenvalue weighted by Crippen LogP contribution is -2.15. The summed E-state index contributed by atoms with van der Waals surface area (Å²) in [6.07, 6.45) is 0.486. The Morgan fingerprint density at radius 2 is 1.64 bits per heavy atom. The molecule has 1 N–H and O–H groups in total. The van der Waals surface area contributed by atoms with Crippen LogP contribution in [0.5, 0.6) is 11.5 Å². The molecule has 2 rings (SSSR count). The van der Waals surface area contributed by atoms with E-state index in [9.17, 15) is 14.7 Å². The number of hydrogen-bond donors (Lipinski definition) is 1. The van der Waals surface area contributed by atoms with Crippen molar-refractivity contribution < 1.29 is 24.2 Å². The van der Waals surface area contributed by atoms with Gasteiger partial charge in [-0.25, -0.2) is 9.59 Å². The molecule has 0 saturated heterocycles. The summed E-state index contributed by atoms with van der Waals surface area (Å²) in [7, 11) is 0. The third-order valence-electron chi connectivity index (χ3n) is 4.07. The van der Waals surface area contributed by atoms with Gasteiger partial charge in [-0.05, 0) is 44.9 Å². The third-order valence-corrected chi connectivity index (χ3v) is 4.07. The molecule has 0 amide bonds. The van der Waals surface area contributed by atoms with Crippen LogP contribution in [-0.4, -0.2) is 23.7 Å². The molecule has 0 fully saturated rings. The van der Waals surface area contributed by atoms with Crippen molar-refractivity contribution in [1.29, 1.82) is 0 Å². The van der Waals surface area contributed by atoms with Gasteiger partial charge < -0.3 is 14.6 Å². The first-order chi connectivity index (χ1) is 11.9. The van der Waals surface area contributed by atoms with Gasteiger partial charge >= 0.3 is 11.9 Å². The van der Waals surface area contributed by atoms with Crippen molar-refractivity contribution >= 4 is 11.9 Å². The topological polar surface area (TPSA) is 72.8 Å². The lowest BCUT2D eigenvalue weighted by molar-refractivity contribution is 0.0519. The number of phenolic OH excluding ortho intramolecular Hbond substituents is 1. The summed E-state index contributed by atoms with van der Waals surface area (Å²) in [5.41, 5.74) is 2.03. The molecule has 0 unspecified atom stereocenters. The van der Waals surface area contributed by atoms with E-state index in [1.54, 1.807) is 45.0 Å². The Bertz CT molecular complexity index is 794. The number of benzene rings is 2. The Balaban J connectivity index is 2.55. The minimum absolute atomic E-state index is 0.0418. The highest BCUT2D eigenvalue weighted by molar-refractivity contribution is 5.97. The van der Waals surface area contributed by atoms with Crippen molar-refractivity contribution in [2.75, 3.05) is 6.61 Å². The molecule has 25 heavy (non-hydrogen) atoms. The van der Waals surface area contributed by atoms with Crippen molar-refractivity contribution in [3.05, 3.63) is 58.1 Å². The normalized spacial score (nSPS) is 10.4. The van der Waals surface area contributed by atoms with E-state index in [-0.39, 0.29) is 23.7 Å². The van der Waals surface area contributed by atoms with Gasteiger partial charge in [0, 0.05) is 11.1 Å². The summed E-state index contributed by atoms with van der Waals surface area (Å²) in [6.45, 7) is 7.12. The molecule has 0 radical (unpaired) electrons. The Labute approximate surface area is 147 Å². The van der Waals surface area contributed by atoms with Crippen LogP contribution in [0.15, 0.2) is 30.3 Å². The largest absolute Gasteiger partial charge is 0.507 e. The number of phenols is 1. The zero-order valence-electron chi connectivity index (χ0n) is 14.9. The van der Waals surface area contributed by atoms with Crippen LogP contribution in [0.25, 0.3) is 0 Å². The third kappa shape index (κ3) is 3.65. The van der Waals surface area contributed by atoms with E-state index in [1.165, 1.54) is 0 Å². The number of aromatic hydroxyl groups is 1. The molecule has 0 aliphatic carbocycles. The number of esters is 2. The number of hydrogen-bond acceptors (Lipinski definition) is 5. The van der Waals surface area contributed by atoms with Gasteiger partial charge in [-0.3, -0.25) is 0 Å². The molecule has 2 aromatic rings. The van der Waals surface area contributed by atoms with Gasteiger partial charge in [-0.15, -0.1) is 0 Å². The van der Waals surface area contributed by atoms with E-state index >= 15 is 0 Å². The Hall–Kier alpha value is -2.82. The molecule has 2 aromatic carbocycles. The summed E-state index contributed by atoms with van der Waals surface area (Å²) >= 11 is 0. The minimum atomic E-state index is -0.635. The summed E-state index contributed by atoms with van der Waals surface area (Å²) in [4.78, 5) is 24.7. The lowest BCUT2D eigenvalue weighted by atomic mass is 9.95. The van der Waals surface area contributed by atoms with Crippen LogP contribution in [0.4, 0.5) is 0 Å². The molecule has 0 heterocycles. The number of carbonyl (C=O) groups is 2. The molecule has 0 spiro atoms. The quantitative estimate of drug-likeness (QED) is 0.657. The second-order valence-corrected chi connectivity index (χ2v) is 5.61. The summed E-state index contributed by atoms with van der Waals surface area (Å²) in [6, 6.07) is 8.60. The monoisotopic (exact) mass is 342 g/mol. The fraction of sp³-hybridized carbons (Fsp3) is 0.300. The predicted molar refractivity (Wildman–Crippen MR) is 94.3 cm³/mol. The highest BCUT2D eigenvalue weighted by atomic mass is 16.5. The second kappa shape index (κ2) is 7.83. The molecule has 132 valence electrons. The average Bonchev–Trinajstić information content (AvgIpc) is 2.60. The Kier molecular flexibility index (Phi) is 5.80. The van der Waals surface area contributed by atoms with Crippen LogP contribution in [0.3, 0.4) is 0 Å². The van der Waals surface area contributed by atoms with E-state index in [4.69, 9.17) is 9.47 Å². The average molecular weight is 342 g/mol. The molecule has 5 nitrogen and oxygen atoms in total. The number of carbonyl (C=O) groups excluding carboxylic acids is 2. The van der Waals surface area contributed by atoms with E-state index in [2.05, 4.69) is 0 Å². The SMILES string of the molecule is CCOC(=O)c1c(C)c(OC(=O)c2ccccc2)c(C)c(CC)c1O. The highest BCUT2D eigenvalue weighted by Gasteiger charge is 2.26. The van der Waals surface area contributed by atoms with Gasteiger partial charge in [0.15, 0.2) is 0 Å². The van der Waals surface area contributed by atoms with Gasteiger partial charge in [0.25, 0.3) is 0 Å². The predicted octanol–water partition coefficient (Wildman–Crippen LogP) is 3.97. The van der Waals surface area contributed by atoms with Crippen molar-refractivity contribution in [1.82, 2.24) is 0 Å². The van der Waals surface area contributed by atoms with Crippen LogP contribution in [0, 0.1) is 13.8 Å². The van der Waals surface area contributed by atoms with Crippen LogP contribution in [-0.2, 0) is 11.2 Å². The van der Waals surface area contributed by atoms with Gasteiger partial charge in [-0.1, -0.05) is 25.1 Å². The van der Waals surface area contributed by atoms with Gasteiger partial charge in [0.2, 0.25) is 0 Å². The van der Waals surface area contributed by atoms with E-state index in [0.717, 1.165) is 0 Å². The zero-order chi connectivity index (χ0) is 18.6. The number of ether oxygens (including phenoxy) is 2. The van der Waals surface area contributed by atoms with Crippen LogP contribution >= 0.6 is 0 Å². The van der Waals surface area contributed by atoms with Crippen molar-refractivity contribution in [2.45, 2.75) is 34.1 Å². The smallest absolute Gasteiger partial charge is 0.343 e. The fourth-order valence-corrected chi connectivity index (χ4v) is 2.80. The Morgan fingerprint density at radius 1 is 1.00 bits per heavy atom. The van der Waals surface area contributed by atoms with Crippen molar-refractivity contribution in [3.8, 4) is 11.5 Å². The summed E-state index contributed by atoms with van der Waals surface area (Å²) in [5, 5.41) is 10.5. The molecule has 0 atom stereocenters. The fourth-order valence-electron chi connectivity index (χ4n) is 2.80. The van der Waals surface area contributed by atoms with Gasteiger partial charge in [0.05, 0.1) is 12.2 Å². The zero-order valence-corrected chi connectivity index (χ0v) is 14.9. The van der Waals surface area contributed by atoms with Crippen LogP contribution in [0.1, 0.15) is 51.3 Å². The van der Waals surface area contributed by atoms with E-state index in [1.807, 2.05) is 13.0 Å². The summed E-state index contributed by atoms with van der Waals surface area (Å²) < 4.78 is 10.6. The van der Waals surface area contributed by atoms with E-state index < -0.39 is 11.9 Å². The maximum absolute atomic E-state index is 12.4. The number of rotatable bonds is 5. The van der Waals surface area contributed by atoms with Crippen molar-refractivity contribution in [2.24, 2.45) is 0 Å². The summed E-state index contributed by atoms with van der Waals surface area (Å²) in [5.74, 6) is -0.986. The van der Waals surface area contributed by atoms with Crippen molar-refractivity contribution in [3.63, 3.8) is 0 Å². The Morgan fingerprint density at radius 3 is 2.20 bits per heavy atom. The first-order valence-corrected chi connectivity index (χ1v) is 8.21. The van der Waals surface area contributed by atoms with E-state index in [0.29, 0.717) is 28.7 Å². The molecule has 0 aliphatic heterocycles. The molecule has 5 heteroatoms. The first kappa shape index (κ1) is 18.5. The van der Waals surface area contributed by atoms with Crippen LogP contribution < -0.4 is 4.74 Å². The maximum atomic E-state index is 12.4. The molecule has 0 aliphatic rings. The highest BCUT2D eigenvalue weighted by Crippen LogP contribution is 2.38. The van der Waals surface area contributed by atoms with Crippen LogP contribution in [0.2, 0.25) is 0 Å². The molecule has 0 saturated carbocycles. The van der Waals surface area contributed by atoms with Gasteiger partial charge in [-0.2, -0.15) is 0 Å². The minimum Gasteiger partial charge on any atom is -0.507 e. The standard InChI is InChI=1S/C20H22O5/c1-5-15-12(3)18(25-19(22)14-10-8-7-9-11-14)13(4)16(17(15)21)20(23)24-6-2/h7-11,21H,5-6H2,1-4H3. The molecule has 0 aromatic heterocycles.